The molecule has 1 aliphatic carbocycles. The van der Waals surface area contributed by atoms with Crippen LogP contribution in [0, 0.1) is 31.6 Å². The summed E-state index contributed by atoms with van der Waals surface area (Å²) in [5.74, 6) is -5.16. The fraction of sp³-hybridized carbons (Fsp3) is 0.479. The number of nitrogens with one attached hydrogen (secondary N) is 1. The summed E-state index contributed by atoms with van der Waals surface area (Å²) < 4.78 is 6.31. The number of nitrogens with zero attached hydrogens (tertiary/aromatic N) is 1. The SMILES string of the molecule is CCCC(CC(=O)[C@@H]1C[C@@H](OCc2ccccc2)CN1C(=O)C(CC(=O)c1ccc(C)cc1C)C1CCCCC1)C(=O)C(=O)CCC(=O)N[C@@H](C(N)=O)c1ccccc1. The van der Waals surface area contributed by atoms with Crippen LogP contribution in [0.2, 0.25) is 0 Å². The quantitative estimate of drug-likeness (QED) is 0.0866. The summed E-state index contributed by atoms with van der Waals surface area (Å²) in [6.45, 7) is 6.19. The average Bonchev–Trinajstić information content (AvgIpc) is 3.68. The first kappa shape index (κ1) is 44.8. The zero-order chi connectivity index (χ0) is 42.5. The summed E-state index contributed by atoms with van der Waals surface area (Å²) >= 11 is 0. The van der Waals surface area contributed by atoms with Gasteiger partial charge in [0.25, 0.3) is 0 Å². The molecule has 3 amide bonds. The Morgan fingerprint density at radius 1 is 0.847 bits per heavy atom. The Morgan fingerprint density at radius 2 is 1.53 bits per heavy atom. The Bertz CT molecular complexity index is 1960. The van der Waals surface area contributed by atoms with Gasteiger partial charge in [-0.1, -0.05) is 117 Å². The summed E-state index contributed by atoms with van der Waals surface area (Å²) in [5, 5.41) is 2.55. The molecule has 0 spiro atoms. The van der Waals surface area contributed by atoms with Gasteiger partial charge < -0.3 is 20.7 Å². The van der Waals surface area contributed by atoms with Gasteiger partial charge in [0.15, 0.2) is 17.3 Å². The van der Waals surface area contributed by atoms with E-state index in [-0.39, 0.29) is 68.6 Å². The number of rotatable bonds is 21. The van der Waals surface area contributed by atoms with Crippen molar-refractivity contribution in [2.24, 2.45) is 23.5 Å². The summed E-state index contributed by atoms with van der Waals surface area (Å²) in [5.41, 5.74) is 9.46. The topological polar surface area (TPSA) is 170 Å². The highest BCUT2D eigenvalue weighted by Crippen LogP contribution is 2.37. The maximum atomic E-state index is 14.9. The zero-order valence-corrected chi connectivity index (χ0v) is 34.7. The van der Waals surface area contributed by atoms with Gasteiger partial charge in [-0.2, -0.15) is 0 Å². The minimum absolute atomic E-state index is 0.0128. The van der Waals surface area contributed by atoms with Gasteiger partial charge in [-0.05, 0) is 55.7 Å². The van der Waals surface area contributed by atoms with E-state index >= 15 is 0 Å². The molecule has 59 heavy (non-hydrogen) atoms. The molecule has 0 aromatic heterocycles. The van der Waals surface area contributed by atoms with Gasteiger partial charge >= 0.3 is 0 Å². The third kappa shape index (κ3) is 12.4. The number of nitrogens with two attached hydrogens (primary N) is 1. The molecule has 2 aliphatic rings. The normalized spacial score (nSPS) is 18.4. The van der Waals surface area contributed by atoms with Crippen LogP contribution in [0.25, 0.3) is 0 Å². The second-order valence-corrected chi connectivity index (χ2v) is 16.4. The van der Waals surface area contributed by atoms with Crippen LogP contribution < -0.4 is 11.1 Å². The first-order valence-corrected chi connectivity index (χ1v) is 21.2. The van der Waals surface area contributed by atoms with Crippen LogP contribution in [0.15, 0.2) is 78.9 Å². The lowest BCUT2D eigenvalue weighted by Gasteiger charge is -2.34. The van der Waals surface area contributed by atoms with Crippen molar-refractivity contribution in [1.29, 1.82) is 0 Å². The van der Waals surface area contributed by atoms with Crippen molar-refractivity contribution < 1.29 is 38.3 Å². The number of hydrogen-bond acceptors (Lipinski definition) is 8. The highest BCUT2D eigenvalue weighted by molar-refractivity contribution is 6.38. The largest absolute Gasteiger partial charge is 0.372 e. The van der Waals surface area contributed by atoms with Crippen molar-refractivity contribution in [3.05, 3.63) is 107 Å². The van der Waals surface area contributed by atoms with E-state index in [9.17, 15) is 33.6 Å². The van der Waals surface area contributed by atoms with Crippen LogP contribution in [-0.2, 0) is 40.1 Å². The van der Waals surface area contributed by atoms with E-state index in [1.165, 1.54) is 0 Å². The second kappa shape index (κ2) is 21.6. The lowest BCUT2D eigenvalue weighted by Crippen LogP contribution is -2.47. The molecule has 3 N–H and O–H groups in total. The lowest BCUT2D eigenvalue weighted by atomic mass is 9.76. The molecule has 2 unspecified atom stereocenters. The maximum Gasteiger partial charge on any atom is 0.244 e. The monoisotopic (exact) mass is 805 g/mol. The molecule has 0 bridgehead atoms. The number of ketones is 4. The Balaban J connectivity index is 1.32. The van der Waals surface area contributed by atoms with E-state index in [4.69, 9.17) is 10.5 Å². The van der Waals surface area contributed by atoms with Gasteiger partial charge in [-0.3, -0.25) is 33.6 Å². The number of carbonyl (C=O) groups excluding carboxylic acids is 7. The number of likely N-dealkylation sites (tertiary alicyclic amines) is 1. The molecule has 1 aliphatic heterocycles. The van der Waals surface area contributed by atoms with Gasteiger partial charge in [-0.25, -0.2) is 0 Å². The number of carbonyl (C=O) groups is 7. The number of hydrogen-bond donors (Lipinski definition) is 2. The van der Waals surface area contributed by atoms with Crippen molar-refractivity contribution in [2.75, 3.05) is 6.54 Å². The fourth-order valence-corrected chi connectivity index (χ4v) is 8.73. The fourth-order valence-electron chi connectivity index (χ4n) is 8.73. The molecular formula is C48H59N3O8. The van der Waals surface area contributed by atoms with Crippen LogP contribution >= 0.6 is 0 Å². The van der Waals surface area contributed by atoms with E-state index in [0.29, 0.717) is 17.5 Å². The van der Waals surface area contributed by atoms with E-state index < -0.39 is 59.8 Å². The Kier molecular flexibility index (Phi) is 16.4. The number of ether oxygens (including phenoxy) is 1. The third-order valence-corrected chi connectivity index (χ3v) is 11.9. The summed E-state index contributed by atoms with van der Waals surface area (Å²) in [6, 6.07) is 21.8. The molecule has 11 nitrogen and oxygen atoms in total. The van der Waals surface area contributed by atoms with Crippen LogP contribution in [-0.4, -0.2) is 64.4 Å². The molecule has 5 atom stereocenters. The molecule has 3 aromatic carbocycles. The summed E-state index contributed by atoms with van der Waals surface area (Å²) in [6.07, 6.45) is 4.23. The van der Waals surface area contributed by atoms with E-state index in [0.717, 1.165) is 48.8 Å². The third-order valence-electron chi connectivity index (χ3n) is 11.9. The first-order valence-electron chi connectivity index (χ1n) is 21.2. The van der Waals surface area contributed by atoms with Crippen LogP contribution in [0.5, 0.6) is 0 Å². The van der Waals surface area contributed by atoms with E-state index in [1.807, 2.05) is 69.3 Å². The van der Waals surface area contributed by atoms with Crippen LogP contribution in [0.3, 0.4) is 0 Å². The van der Waals surface area contributed by atoms with Gasteiger partial charge in [0.05, 0.1) is 18.8 Å². The molecule has 2 fully saturated rings. The molecule has 5 rings (SSSR count). The Morgan fingerprint density at radius 3 is 2.17 bits per heavy atom. The molecule has 0 radical (unpaired) electrons. The number of amides is 3. The zero-order valence-electron chi connectivity index (χ0n) is 34.7. The summed E-state index contributed by atoms with van der Waals surface area (Å²) in [7, 11) is 0. The Hall–Kier alpha value is -5.29. The molecule has 3 aromatic rings. The van der Waals surface area contributed by atoms with Crippen molar-refractivity contribution in [1.82, 2.24) is 10.2 Å². The second-order valence-electron chi connectivity index (χ2n) is 16.4. The van der Waals surface area contributed by atoms with Gasteiger partial charge in [0.2, 0.25) is 23.5 Å². The van der Waals surface area contributed by atoms with Crippen molar-refractivity contribution in [2.45, 2.75) is 123 Å². The molecule has 11 heteroatoms. The lowest BCUT2D eigenvalue weighted by molar-refractivity contribution is -0.144. The standard InChI is InChI=1S/C48H59N3O8/c1-4-14-36(46(56)41(52)23-24-44(55)50-45(47(49)57)35-19-12-7-13-20-35)26-43(54)40-27-37(59-30-33-15-8-5-9-16-33)29-51(40)48(58)39(34-17-10-6-11-18-34)28-42(53)38-22-21-31(2)25-32(38)3/h5,7-9,12-13,15-16,19-22,25,34,36-37,39-40,45H,4,6,10-11,14,17-18,23-24,26-30H2,1-3H3,(H2,49,57)(H,50,55)/t36?,37-,39?,40+,45-/m1/s1. The minimum Gasteiger partial charge on any atom is -0.372 e. The van der Waals surface area contributed by atoms with Crippen molar-refractivity contribution in [3.8, 4) is 0 Å². The van der Waals surface area contributed by atoms with E-state index in [2.05, 4.69) is 5.32 Å². The van der Waals surface area contributed by atoms with Gasteiger partial charge in [-0.15, -0.1) is 0 Å². The van der Waals surface area contributed by atoms with Crippen molar-refractivity contribution in [3.63, 3.8) is 0 Å². The highest BCUT2D eigenvalue weighted by atomic mass is 16.5. The minimum atomic E-state index is -1.10. The van der Waals surface area contributed by atoms with Gasteiger partial charge in [0.1, 0.15) is 6.04 Å². The number of aryl methyl sites for hydroxylation is 2. The molecule has 1 saturated carbocycles. The average molecular weight is 806 g/mol. The number of Topliss-reactive ketones (excluding diaryl/α,β-unsaturated/α-hetero) is 4. The van der Waals surface area contributed by atoms with Crippen LogP contribution in [0.1, 0.15) is 123 Å². The molecule has 314 valence electrons. The van der Waals surface area contributed by atoms with Crippen molar-refractivity contribution >= 4 is 40.9 Å². The van der Waals surface area contributed by atoms with Crippen LogP contribution in [0.4, 0.5) is 0 Å². The highest BCUT2D eigenvalue weighted by Gasteiger charge is 2.45. The van der Waals surface area contributed by atoms with Gasteiger partial charge in [0, 0.05) is 56.0 Å². The predicted molar refractivity (Wildman–Crippen MR) is 224 cm³/mol. The molecule has 1 heterocycles. The Labute approximate surface area is 347 Å². The molecular weight excluding hydrogens is 747 g/mol. The number of primary amides is 1. The smallest absolute Gasteiger partial charge is 0.244 e. The maximum absolute atomic E-state index is 14.9. The molecule has 1 saturated heterocycles. The predicted octanol–water partition coefficient (Wildman–Crippen LogP) is 6.90. The summed E-state index contributed by atoms with van der Waals surface area (Å²) in [4.78, 5) is 96.6. The van der Waals surface area contributed by atoms with E-state index in [1.54, 1.807) is 35.2 Å². The first-order chi connectivity index (χ1) is 28.4. The number of benzene rings is 3.